The summed E-state index contributed by atoms with van der Waals surface area (Å²) >= 11 is 0. The first-order valence-electron chi connectivity index (χ1n) is 8.61. The monoisotopic (exact) mass is 342 g/mol. The number of likely N-dealkylation sites (tertiary alicyclic amines) is 1. The lowest BCUT2D eigenvalue weighted by Crippen LogP contribution is -2.43. The zero-order valence-corrected chi connectivity index (χ0v) is 14.4. The van der Waals surface area contributed by atoms with Crippen molar-refractivity contribution < 1.29 is 9.18 Å². The maximum Gasteiger partial charge on any atom is 0.242 e. The third-order valence-corrected chi connectivity index (χ3v) is 4.69. The van der Waals surface area contributed by atoms with E-state index >= 15 is 0 Å². The van der Waals surface area contributed by atoms with Crippen molar-refractivity contribution in [2.45, 2.75) is 19.3 Å². The van der Waals surface area contributed by atoms with Crippen LogP contribution in [0.4, 0.5) is 10.2 Å². The summed E-state index contributed by atoms with van der Waals surface area (Å²) in [7, 11) is 1.85. The lowest BCUT2D eigenvalue weighted by Gasteiger charge is -2.33. The van der Waals surface area contributed by atoms with Gasteiger partial charge in [-0.05, 0) is 42.9 Å². The van der Waals surface area contributed by atoms with Crippen molar-refractivity contribution in [2.24, 2.45) is 5.92 Å². The molecule has 0 saturated carbocycles. The van der Waals surface area contributed by atoms with E-state index in [-0.39, 0.29) is 11.7 Å². The summed E-state index contributed by atoms with van der Waals surface area (Å²) in [6, 6.07) is 6.80. The van der Waals surface area contributed by atoms with Crippen molar-refractivity contribution in [3.63, 3.8) is 0 Å². The van der Waals surface area contributed by atoms with Crippen molar-refractivity contribution in [1.29, 1.82) is 0 Å². The highest BCUT2D eigenvalue weighted by molar-refractivity contribution is 5.81. The molecule has 0 atom stereocenters. The molecule has 0 bridgehead atoms. The van der Waals surface area contributed by atoms with Gasteiger partial charge in [0.05, 0.1) is 12.7 Å². The molecule has 1 aromatic carbocycles. The van der Waals surface area contributed by atoms with E-state index < -0.39 is 0 Å². The summed E-state index contributed by atoms with van der Waals surface area (Å²) in [6.45, 7) is 1.81. The van der Waals surface area contributed by atoms with Gasteiger partial charge in [-0.2, -0.15) is 0 Å². The summed E-state index contributed by atoms with van der Waals surface area (Å²) < 4.78 is 13.3. The Morgan fingerprint density at radius 3 is 2.80 bits per heavy atom. The van der Waals surface area contributed by atoms with Crippen molar-refractivity contribution in [3.05, 3.63) is 54.2 Å². The Kier molecular flexibility index (Phi) is 5.58. The smallest absolute Gasteiger partial charge is 0.242 e. The quantitative estimate of drug-likeness (QED) is 0.838. The van der Waals surface area contributed by atoms with Crippen LogP contribution in [0.3, 0.4) is 0 Å². The average molecular weight is 342 g/mol. The van der Waals surface area contributed by atoms with Gasteiger partial charge in [0.25, 0.3) is 0 Å². The molecule has 2 aromatic rings. The number of anilines is 1. The molecule has 1 fully saturated rings. The predicted octanol–water partition coefficient (Wildman–Crippen LogP) is 2.53. The normalized spacial score (nSPS) is 15.2. The number of benzene rings is 1. The van der Waals surface area contributed by atoms with Crippen LogP contribution in [0.5, 0.6) is 0 Å². The summed E-state index contributed by atoms with van der Waals surface area (Å²) in [5, 5.41) is 0. The van der Waals surface area contributed by atoms with Crippen LogP contribution in [0.1, 0.15) is 18.4 Å². The van der Waals surface area contributed by atoms with Gasteiger partial charge in [0, 0.05) is 32.5 Å². The fourth-order valence-corrected chi connectivity index (χ4v) is 3.26. The molecule has 1 aliphatic heterocycles. The van der Waals surface area contributed by atoms with Gasteiger partial charge in [-0.3, -0.25) is 9.78 Å². The molecule has 5 nitrogen and oxygen atoms in total. The Labute approximate surface area is 147 Å². The molecule has 0 aliphatic carbocycles. The summed E-state index contributed by atoms with van der Waals surface area (Å²) in [5.41, 5.74) is 1.03. The lowest BCUT2D eigenvalue weighted by atomic mass is 9.90. The molecule has 1 saturated heterocycles. The van der Waals surface area contributed by atoms with E-state index in [1.54, 1.807) is 30.7 Å². The number of likely N-dealkylation sites (N-methyl/N-ethyl adjacent to an activating group) is 1. The van der Waals surface area contributed by atoms with E-state index in [1.807, 2.05) is 22.9 Å². The third-order valence-electron chi connectivity index (χ3n) is 4.69. The van der Waals surface area contributed by atoms with Gasteiger partial charge in [0.1, 0.15) is 11.6 Å². The Balaban J connectivity index is 1.47. The van der Waals surface area contributed by atoms with Crippen LogP contribution in [0.15, 0.2) is 42.9 Å². The van der Waals surface area contributed by atoms with Gasteiger partial charge in [0.2, 0.25) is 5.91 Å². The van der Waals surface area contributed by atoms with Crippen LogP contribution in [0.25, 0.3) is 0 Å². The summed E-state index contributed by atoms with van der Waals surface area (Å²) in [5.74, 6) is 1.12. The van der Waals surface area contributed by atoms with Gasteiger partial charge >= 0.3 is 0 Å². The van der Waals surface area contributed by atoms with E-state index in [9.17, 15) is 9.18 Å². The second-order valence-corrected chi connectivity index (χ2v) is 6.58. The van der Waals surface area contributed by atoms with E-state index in [4.69, 9.17) is 0 Å². The molecular weight excluding hydrogens is 319 g/mol. The minimum absolute atomic E-state index is 0.109. The molecule has 0 radical (unpaired) electrons. The number of rotatable bonds is 5. The first kappa shape index (κ1) is 17.3. The number of nitrogens with zero attached hydrogens (tertiary/aromatic N) is 4. The first-order valence-corrected chi connectivity index (χ1v) is 8.61. The van der Waals surface area contributed by atoms with Gasteiger partial charge in [0.15, 0.2) is 0 Å². The number of aromatic nitrogens is 2. The molecule has 1 aromatic heterocycles. The number of carbonyl (C=O) groups excluding carboxylic acids is 1. The highest BCUT2D eigenvalue weighted by Gasteiger charge is 2.24. The van der Waals surface area contributed by atoms with Gasteiger partial charge in [-0.25, -0.2) is 9.37 Å². The summed E-state index contributed by atoms with van der Waals surface area (Å²) in [6.07, 6.45) is 7.67. The van der Waals surface area contributed by atoms with Gasteiger partial charge in [-0.1, -0.05) is 12.1 Å². The van der Waals surface area contributed by atoms with Crippen LogP contribution in [-0.4, -0.2) is 47.5 Å². The molecule has 25 heavy (non-hydrogen) atoms. The molecule has 1 aliphatic rings. The summed E-state index contributed by atoms with van der Waals surface area (Å²) in [4.78, 5) is 24.4. The highest BCUT2D eigenvalue weighted by Crippen LogP contribution is 2.22. The maximum atomic E-state index is 13.3. The molecule has 6 heteroatoms. The van der Waals surface area contributed by atoms with Crippen molar-refractivity contribution in [3.8, 4) is 0 Å². The molecule has 1 amide bonds. The van der Waals surface area contributed by atoms with Gasteiger partial charge < -0.3 is 9.80 Å². The highest BCUT2D eigenvalue weighted by atomic mass is 19.1. The topological polar surface area (TPSA) is 49.3 Å². The zero-order chi connectivity index (χ0) is 17.6. The number of hydrogen-bond donors (Lipinski definition) is 0. The van der Waals surface area contributed by atoms with Crippen LogP contribution < -0.4 is 4.90 Å². The maximum absolute atomic E-state index is 13.3. The van der Waals surface area contributed by atoms with Crippen LogP contribution in [0.2, 0.25) is 0 Å². The largest absolute Gasteiger partial charge is 0.349 e. The molecule has 132 valence electrons. The molecule has 3 rings (SSSR count). The standard InChI is InChI=1S/C19H23FN4O/c1-23(18-13-21-7-8-22-18)14-19(25)24-9-5-15(6-10-24)11-16-3-2-4-17(20)12-16/h2-4,7-8,12-13,15H,5-6,9-11,14H2,1H3. The van der Waals surface area contributed by atoms with E-state index in [0.29, 0.717) is 18.3 Å². The van der Waals surface area contributed by atoms with Crippen LogP contribution in [0, 0.1) is 11.7 Å². The second-order valence-electron chi connectivity index (χ2n) is 6.58. The van der Waals surface area contributed by atoms with Crippen LogP contribution in [-0.2, 0) is 11.2 Å². The molecule has 2 heterocycles. The van der Waals surface area contributed by atoms with E-state index in [2.05, 4.69) is 9.97 Å². The average Bonchev–Trinajstić information content (AvgIpc) is 2.63. The van der Waals surface area contributed by atoms with Crippen molar-refractivity contribution in [1.82, 2.24) is 14.9 Å². The zero-order valence-electron chi connectivity index (χ0n) is 14.4. The number of piperidine rings is 1. The third kappa shape index (κ3) is 4.75. The fraction of sp³-hybridized carbons (Fsp3) is 0.421. The number of halogens is 1. The van der Waals surface area contributed by atoms with Crippen molar-refractivity contribution >= 4 is 11.7 Å². The molecule has 0 N–H and O–H groups in total. The number of hydrogen-bond acceptors (Lipinski definition) is 4. The molecular formula is C19H23FN4O. The van der Waals surface area contributed by atoms with Crippen LogP contribution >= 0.6 is 0 Å². The molecule has 0 unspecified atom stereocenters. The van der Waals surface area contributed by atoms with E-state index in [1.165, 1.54) is 6.07 Å². The minimum atomic E-state index is -0.183. The number of carbonyl (C=O) groups is 1. The predicted molar refractivity (Wildman–Crippen MR) is 94.7 cm³/mol. The Bertz CT molecular complexity index is 702. The number of amides is 1. The Morgan fingerprint density at radius 2 is 2.12 bits per heavy atom. The fourth-order valence-electron chi connectivity index (χ4n) is 3.26. The SMILES string of the molecule is CN(CC(=O)N1CCC(Cc2cccc(F)c2)CC1)c1cnccn1. The Morgan fingerprint density at radius 1 is 1.32 bits per heavy atom. The second kappa shape index (κ2) is 8.05. The van der Waals surface area contributed by atoms with E-state index in [0.717, 1.165) is 37.9 Å². The molecule has 0 spiro atoms. The minimum Gasteiger partial charge on any atom is -0.349 e. The van der Waals surface area contributed by atoms with Gasteiger partial charge in [-0.15, -0.1) is 0 Å². The van der Waals surface area contributed by atoms with Crippen molar-refractivity contribution in [2.75, 3.05) is 31.6 Å². The Hall–Kier alpha value is -2.50. The lowest BCUT2D eigenvalue weighted by molar-refractivity contribution is -0.131. The first-order chi connectivity index (χ1) is 12.1.